The van der Waals surface area contributed by atoms with Gasteiger partial charge in [0, 0.05) is 18.3 Å². The van der Waals surface area contributed by atoms with Crippen LogP contribution in [0.15, 0.2) is 37.0 Å². The molecule has 0 unspecified atom stereocenters. The summed E-state index contributed by atoms with van der Waals surface area (Å²) < 4.78 is 0. The zero-order valence-corrected chi connectivity index (χ0v) is 19.0. The molecule has 1 N–H and O–H groups in total. The maximum atomic E-state index is 3.86. The number of allylic oxidation sites excluding steroid dienone is 3. The first-order valence-corrected chi connectivity index (χ1v) is 13.0. The second-order valence-electron chi connectivity index (χ2n) is 8.63. The molecule has 3 heteroatoms. The number of nitrogens with one attached hydrogen (secondary N) is 1. The molecule has 2 saturated carbocycles. The van der Waals surface area contributed by atoms with E-state index in [4.69, 9.17) is 0 Å². The van der Waals surface area contributed by atoms with Crippen molar-refractivity contribution in [2.75, 3.05) is 37.7 Å². The Balaban J connectivity index is 1.53. The van der Waals surface area contributed by atoms with Gasteiger partial charge in [-0.15, -0.1) is 0 Å². The Kier molecular flexibility index (Phi) is 13.0. The molecule has 0 atom stereocenters. The van der Waals surface area contributed by atoms with Crippen molar-refractivity contribution in [3.8, 4) is 0 Å². The maximum absolute atomic E-state index is 3.86. The lowest BCUT2D eigenvalue weighted by atomic mass is 9.88. The molecule has 0 spiro atoms. The predicted octanol–water partition coefficient (Wildman–Crippen LogP) is 6.21. The van der Waals surface area contributed by atoms with Crippen LogP contribution < -0.4 is 5.32 Å². The molecule has 0 saturated heterocycles. The lowest BCUT2D eigenvalue weighted by molar-refractivity contribution is 0.148. The monoisotopic (exact) mass is 404 g/mol. The third-order valence-corrected chi connectivity index (χ3v) is 7.48. The molecule has 2 fully saturated rings. The Bertz CT molecular complexity index is 447. The third-order valence-electron chi connectivity index (χ3n) is 6.36. The van der Waals surface area contributed by atoms with Gasteiger partial charge in [-0.3, -0.25) is 0 Å². The molecule has 0 aromatic rings. The maximum Gasteiger partial charge on any atom is 0.0184 e. The van der Waals surface area contributed by atoms with E-state index in [2.05, 4.69) is 29.5 Å². The first-order valence-electron chi connectivity index (χ1n) is 11.8. The van der Waals surface area contributed by atoms with Gasteiger partial charge in [0.2, 0.25) is 0 Å². The summed E-state index contributed by atoms with van der Waals surface area (Å²) in [5.41, 5.74) is 1.28. The van der Waals surface area contributed by atoms with Crippen LogP contribution >= 0.6 is 11.8 Å². The molecule has 0 amide bonds. The average Bonchev–Trinajstić information content (AvgIpc) is 3.26. The van der Waals surface area contributed by atoms with Crippen LogP contribution in [0.1, 0.15) is 70.6 Å². The highest BCUT2D eigenvalue weighted by Gasteiger charge is 2.25. The van der Waals surface area contributed by atoms with Crippen molar-refractivity contribution >= 4 is 11.8 Å². The van der Waals surface area contributed by atoms with Crippen molar-refractivity contribution < 1.29 is 0 Å². The molecule has 160 valence electrons. The summed E-state index contributed by atoms with van der Waals surface area (Å²) in [6, 6.07) is 0.890. The first kappa shape index (κ1) is 23.8. The lowest BCUT2D eigenvalue weighted by Crippen LogP contribution is -2.39. The lowest BCUT2D eigenvalue weighted by Gasteiger charge is -2.34. The van der Waals surface area contributed by atoms with Crippen LogP contribution in [0, 0.1) is 5.92 Å². The van der Waals surface area contributed by atoms with Crippen LogP contribution in [0.2, 0.25) is 0 Å². The standard InChI is InChI=1S/C25H44N2S/c1-3-12-23(4-2)22-28-20-11-18-26-17-10-19-27(25-15-8-9-16-25)21-24-13-6-5-7-14-24/h3-4,12,24-26H,1-2,5-11,13-22H2/b23-12+. The van der Waals surface area contributed by atoms with Gasteiger partial charge in [0.15, 0.2) is 0 Å². The Morgan fingerprint density at radius 2 is 1.68 bits per heavy atom. The van der Waals surface area contributed by atoms with Gasteiger partial charge in [0.25, 0.3) is 0 Å². The second-order valence-corrected chi connectivity index (χ2v) is 9.73. The quantitative estimate of drug-likeness (QED) is 0.258. The summed E-state index contributed by atoms with van der Waals surface area (Å²) in [5, 5.41) is 3.67. The van der Waals surface area contributed by atoms with E-state index in [9.17, 15) is 0 Å². The number of rotatable bonds is 15. The molecule has 0 aliphatic heterocycles. The van der Waals surface area contributed by atoms with Gasteiger partial charge in [0.05, 0.1) is 0 Å². The van der Waals surface area contributed by atoms with Crippen molar-refractivity contribution in [2.45, 2.75) is 76.7 Å². The van der Waals surface area contributed by atoms with Crippen LogP contribution in [0.5, 0.6) is 0 Å². The zero-order valence-electron chi connectivity index (χ0n) is 18.2. The van der Waals surface area contributed by atoms with E-state index in [-0.39, 0.29) is 0 Å². The fourth-order valence-electron chi connectivity index (χ4n) is 4.74. The topological polar surface area (TPSA) is 15.3 Å². The van der Waals surface area contributed by atoms with Crippen molar-refractivity contribution in [1.82, 2.24) is 10.2 Å². The van der Waals surface area contributed by atoms with Crippen molar-refractivity contribution in [3.63, 3.8) is 0 Å². The SMILES string of the molecule is C=C/C=C(\C=C)CSCCCNCCCN(CC1CCCCC1)C1CCCC1. The number of nitrogens with zero attached hydrogens (tertiary/aromatic N) is 1. The van der Waals surface area contributed by atoms with Crippen LogP contribution in [0.25, 0.3) is 0 Å². The van der Waals surface area contributed by atoms with Crippen LogP contribution in [0.4, 0.5) is 0 Å². The Labute approximate surface area is 179 Å². The highest BCUT2D eigenvalue weighted by atomic mass is 32.2. The van der Waals surface area contributed by atoms with E-state index in [0.717, 1.165) is 24.3 Å². The fourth-order valence-corrected chi connectivity index (χ4v) is 5.68. The van der Waals surface area contributed by atoms with Crippen molar-refractivity contribution in [3.05, 3.63) is 37.0 Å². The van der Waals surface area contributed by atoms with E-state index in [1.54, 1.807) is 0 Å². The molecule has 0 bridgehead atoms. The van der Waals surface area contributed by atoms with Crippen LogP contribution in [0.3, 0.4) is 0 Å². The molecule has 2 nitrogen and oxygen atoms in total. The molecular weight excluding hydrogens is 360 g/mol. The number of thioether (sulfide) groups is 1. The van der Waals surface area contributed by atoms with E-state index in [0.29, 0.717) is 0 Å². The Morgan fingerprint density at radius 1 is 0.964 bits per heavy atom. The van der Waals surface area contributed by atoms with Crippen molar-refractivity contribution in [2.24, 2.45) is 5.92 Å². The molecule has 0 radical (unpaired) electrons. The van der Waals surface area contributed by atoms with Crippen molar-refractivity contribution in [1.29, 1.82) is 0 Å². The molecule has 2 aliphatic rings. The van der Waals surface area contributed by atoms with Gasteiger partial charge >= 0.3 is 0 Å². The molecule has 2 rings (SSSR count). The molecule has 0 aromatic heterocycles. The second kappa shape index (κ2) is 15.3. The normalized spacial score (nSPS) is 19.4. The first-order chi connectivity index (χ1) is 13.8. The van der Waals surface area contributed by atoms with Gasteiger partial charge in [-0.1, -0.05) is 63.5 Å². The summed E-state index contributed by atoms with van der Waals surface area (Å²) in [7, 11) is 0. The summed E-state index contributed by atoms with van der Waals surface area (Å²) in [5.74, 6) is 3.24. The molecular formula is C25H44N2S. The molecule has 0 aromatic carbocycles. The zero-order chi connectivity index (χ0) is 19.9. The number of hydrogen-bond donors (Lipinski definition) is 1. The molecule has 2 aliphatic carbocycles. The highest BCUT2D eigenvalue weighted by Crippen LogP contribution is 2.29. The van der Waals surface area contributed by atoms with E-state index in [1.165, 1.54) is 102 Å². The molecule has 28 heavy (non-hydrogen) atoms. The fraction of sp³-hybridized carbons (Fsp3) is 0.760. The van der Waals surface area contributed by atoms with E-state index in [1.807, 2.05) is 23.9 Å². The average molecular weight is 405 g/mol. The van der Waals surface area contributed by atoms with E-state index >= 15 is 0 Å². The summed E-state index contributed by atoms with van der Waals surface area (Å²) in [6.07, 6.45) is 21.6. The van der Waals surface area contributed by atoms with Gasteiger partial charge in [-0.2, -0.15) is 11.8 Å². The third kappa shape index (κ3) is 9.80. The van der Waals surface area contributed by atoms with Crippen LogP contribution in [-0.4, -0.2) is 48.6 Å². The molecule has 0 heterocycles. The highest BCUT2D eigenvalue weighted by molar-refractivity contribution is 7.99. The Hall–Kier alpha value is -0.510. The van der Waals surface area contributed by atoms with Gasteiger partial charge in [-0.05, 0) is 75.4 Å². The predicted molar refractivity (Wildman–Crippen MR) is 128 cm³/mol. The summed E-state index contributed by atoms with van der Waals surface area (Å²) >= 11 is 2.00. The summed E-state index contributed by atoms with van der Waals surface area (Å²) in [6.45, 7) is 12.6. The van der Waals surface area contributed by atoms with Gasteiger partial charge < -0.3 is 10.2 Å². The smallest absolute Gasteiger partial charge is 0.0184 e. The minimum absolute atomic E-state index is 0.890. The number of hydrogen-bond acceptors (Lipinski definition) is 3. The minimum atomic E-state index is 0.890. The van der Waals surface area contributed by atoms with E-state index < -0.39 is 0 Å². The van der Waals surface area contributed by atoms with Gasteiger partial charge in [-0.25, -0.2) is 0 Å². The Morgan fingerprint density at radius 3 is 2.39 bits per heavy atom. The van der Waals surface area contributed by atoms with Gasteiger partial charge in [0.1, 0.15) is 0 Å². The van der Waals surface area contributed by atoms with Crippen LogP contribution in [-0.2, 0) is 0 Å². The largest absolute Gasteiger partial charge is 0.317 e. The summed E-state index contributed by atoms with van der Waals surface area (Å²) in [4.78, 5) is 2.88. The minimum Gasteiger partial charge on any atom is -0.317 e.